The number of ether oxygens (including phenoxy) is 1. The summed E-state index contributed by atoms with van der Waals surface area (Å²) >= 11 is 0. The molecule has 0 fully saturated rings. The summed E-state index contributed by atoms with van der Waals surface area (Å²) in [5.74, 6) is -0.103. The van der Waals surface area contributed by atoms with Gasteiger partial charge >= 0.3 is 5.97 Å². The molecule has 0 rings (SSSR count). The highest BCUT2D eigenvalue weighted by Gasteiger charge is 2.29. The summed E-state index contributed by atoms with van der Waals surface area (Å²) in [7, 11) is -1.10. The summed E-state index contributed by atoms with van der Waals surface area (Å²) in [5.41, 5.74) is 5.00. The number of hydrogen-bond acceptors (Lipinski definition) is 5. The van der Waals surface area contributed by atoms with E-state index in [0.29, 0.717) is 5.75 Å². The van der Waals surface area contributed by atoms with Gasteiger partial charge in [-0.1, -0.05) is 13.3 Å². The van der Waals surface area contributed by atoms with E-state index in [1.54, 1.807) is 20.8 Å². The Morgan fingerprint density at radius 2 is 2.00 bits per heavy atom. The second-order valence-electron chi connectivity index (χ2n) is 5.31. The summed E-state index contributed by atoms with van der Waals surface area (Å²) in [6.45, 7) is 7.14. The van der Waals surface area contributed by atoms with E-state index in [2.05, 4.69) is 0 Å². The lowest BCUT2D eigenvalue weighted by Crippen LogP contribution is -2.46. The number of hydrogen-bond donors (Lipinski definition) is 2. The van der Waals surface area contributed by atoms with Crippen molar-refractivity contribution in [2.75, 3.05) is 11.5 Å². The summed E-state index contributed by atoms with van der Waals surface area (Å²) in [5, 5.41) is 9.69. The number of aliphatic hydroxyl groups excluding tert-OH is 1. The molecule has 3 N–H and O–H groups in total. The van der Waals surface area contributed by atoms with Crippen LogP contribution in [0.1, 0.15) is 40.5 Å². The maximum Gasteiger partial charge on any atom is 0.337 e. The van der Waals surface area contributed by atoms with Crippen LogP contribution in [-0.2, 0) is 20.3 Å². The average molecular weight is 279 g/mol. The van der Waals surface area contributed by atoms with Crippen LogP contribution in [0.2, 0.25) is 0 Å². The standard InChI is InChI=1S/C12H25NO4S/c1-5-6-7-18(16)8-9(13)10(14)11(15)17-12(2,3)4/h9-10,14H,5-8,13H2,1-4H3/t9-,10?,18?/m1/s1. The zero-order chi connectivity index (χ0) is 14.3. The Bertz CT molecular complexity index is 288. The van der Waals surface area contributed by atoms with E-state index in [1.165, 1.54) is 0 Å². The van der Waals surface area contributed by atoms with E-state index in [9.17, 15) is 14.1 Å². The molecule has 0 saturated heterocycles. The van der Waals surface area contributed by atoms with E-state index >= 15 is 0 Å². The first-order valence-corrected chi connectivity index (χ1v) is 7.67. The van der Waals surface area contributed by atoms with Gasteiger partial charge < -0.3 is 15.6 Å². The van der Waals surface area contributed by atoms with Crippen LogP contribution >= 0.6 is 0 Å². The lowest BCUT2D eigenvalue weighted by Gasteiger charge is -2.24. The number of aliphatic hydroxyl groups is 1. The van der Waals surface area contributed by atoms with Gasteiger partial charge in [-0.25, -0.2) is 4.79 Å². The summed E-state index contributed by atoms with van der Waals surface area (Å²) in [6.07, 6.45) is 0.382. The van der Waals surface area contributed by atoms with E-state index in [1.807, 2.05) is 6.92 Å². The monoisotopic (exact) mass is 279 g/mol. The zero-order valence-corrected chi connectivity index (χ0v) is 12.5. The highest BCUT2D eigenvalue weighted by atomic mass is 32.2. The fourth-order valence-corrected chi connectivity index (χ4v) is 2.62. The molecule has 6 heteroatoms. The molecule has 0 spiro atoms. The molecule has 0 heterocycles. The highest BCUT2D eigenvalue weighted by Crippen LogP contribution is 2.10. The minimum atomic E-state index is -1.42. The van der Waals surface area contributed by atoms with Gasteiger partial charge in [0.2, 0.25) is 0 Å². The fraction of sp³-hybridized carbons (Fsp3) is 0.917. The van der Waals surface area contributed by atoms with E-state index < -0.39 is 34.5 Å². The Kier molecular flexibility index (Phi) is 7.66. The van der Waals surface area contributed by atoms with Crippen molar-refractivity contribution in [1.29, 1.82) is 0 Å². The minimum absolute atomic E-state index is 0.112. The van der Waals surface area contributed by atoms with Gasteiger partial charge in [0, 0.05) is 22.3 Å². The van der Waals surface area contributed by atoms with Gasteiger partial charge in [-0.15, -0.1) is 0 Å². The Labute approximate surface area is 112 Å². The first kappa shape index (κ1) is 17.5. The largest absolute Gasteiger partial charge is 0.458 e. The van der Waals surface area contributed by atoms with Crippen molar-refractivity contribution in [3.05, 3.63) is 0 Å². The van der Waals surface area contributed by atoms with Crippen molar-refractivity contribution in [3.63, 3.8) is 0 Å². The molecule has 0 amide bonds. The molecular formula is C12H25NO4S. The average Bonchev–Trinajstić information content (AvgIpc) is 2.22. The number of nitrogens with two attached hydrogens (primary N) is 1. The number of carbonyl (C=O) groups excluding carboxylic acids is 1. The van der Waals surface area contributed by atoms with Crippen molar-refractivity contribution in [2.45, 2.75) is 58.3 Å². The second-order valence-corrected chi connectivity index (χ2v) is 6.93. The Morgan fingerprint density at radius 3 is 2.44 bits per heavy atom. The van der Waals surface area contributed by atoms with Gasteiger partial charge in [-0.05, 0) is 27.2 Å². The lowest BCUT2D eigenvalue weighted by molar-refractivity contribution is -0.165. The minimum Gasteiger partial charge on any atom is -0.458 e. The number of unbranched alkanes of at least 4 members (excludes halogenated alkanes) is 1. The maximum absolute atomic E-state index is 11.6. The molecule has 0 aromatic carbocycles. The molecule has 18 heavy (non-hydrogen) atoms. The fourth-order valence-electron chi connectivity index (χ4n) is 1.23. The van der Waals surface area contributed by atoms with Crippen LogP contribution in [0.4, 0.5) is 0 Å². The molecule has 0 aromatic rings. The SMILES string of the molecule is CCCCS(=O)C[C@@H](N)C(O)C(=O)OC(C)(C)C. The van der Waals surface area contributed by atoms with Gasteiger partial charge in [0.15, 0.2) is 6.10 Å². The zero-order valence-electron chi connectivity index (χ0n) is 11.6. The molecule has 0 aromatic heterocycles. The quantitative estimate of drug-likeness (QED) is 0.665. The van der Waals surface area contributed by atoms with Crippen LogP contribution < -0.4 is 5.73 Å². The molecule has 108 valence electrons. The molecule has 0 saturated carbocycles. The van der Waals surface area contributed by atoms with Crippen molar-refractivity contribution < 1.29 is 18.8 Å². The predicted octanol–water partition coefficient (Wildman–Crippen LogP) is 0.565. The van der Waals surface area contributed by atoms with Crippen LogP contribution in [0.5, 0.6) is 0 Å². The summed E-state index contributed by atoms with van der Waals surface area (Å²) < 4.78 is 16.6. The lowest BCUT2D eigenvalue weighted by atomic mass is 10.1. The first-order valence-electron chi connectivity index (χ1n) is 6.19. The van der Waals surface area contributed by atoms with Gasteiger partial charge in [0.05, 0.1) is 6.04 Å². The van der Waals surface area contributed by atoms with Crippen molar-refractivity contribution >= 4 is 16.8 Å². The number of carbonyl (C=O) groups is 1. The third kappa shape index (κ3) is 7.79. The van der Waals surface area contributed by atoms with Gasteiger partial charge in [-0.3, -0.25) is 4.21 Å². The van der Waals surface area contributed by atoms with Gasteiger partial charge in [0.25, 0.3) is 0 Å². The van der Waals surface area contributed by atoms with Crippen LogP contribution in [0.25, 0.3) is 0 Å². The van der Waals surface area contributed by atoms with Crippen molar-refractivity contribution in [1.82, 2.24) is 0 Å². The van der Waals surface area contributed by atoms with E-state index in [-0.39, 0.29) is 5.75 Å². The topological polar surface area (TPSA) is 89.6 Å². The van der Waals surface area contributed by atoms with Crippen LogP contribution in [0.3, 0.4) is 0 Å². The maximum atomic E-state index is 11.6. The van der Waals surface area contributed by atoms with Crippen LogP contribution in [-0.4, -0.2) is 44.5 Å². The second kappa shape index (κ2) is 7.86. The molecule has 0 aliphatic heterocycles. The van der Waals surface area contributed by atoms with Crippen LogP contribution in [0, 0.1) is 0 Å². The Hall–Kier alpha value is -0.460. The Balaban J connectivity index is 4.21. The molecule has 0 aliphatic carbocycles. The van der Waals surface area contributed by atoms with Crippen LogP contribution in [0.15, 0.2) is 0 Å². The molecule has 5 nitrogen and oxygen atoms in total. The van der Waals surface area contributed by atoms with E-state index in [0.717, 1.165) is 12.8 Å². The molecule has 0 bridgehead atoms. The summed E-state index contributed by atoms with van der Waals surface area (Å²) in [6, 6.07) is -0.850. The molecule has 0 radical (unpaired) electrons. The smallest absolute Gasteiger partial charge is 0.337 e. The Morgan fingerprint density at radius 1 is 1.44 bits per heavy atom. The first-order chi connectivity index (χ1) is 8.17. The molecule has 3 atom stereocenters. The summed E-state index contributed by atoms with van der Waals surface area (Å²) in [4.78, 5) is 11.5. The molecular weight excluding hydrogens is 254 g/mol. The van der Waals surface area contributed by atoms with Crippen molar-refractivity contribution in [2.24, 2.45) is 5.73 Å². The molecule has 0 aliphatic rings. The number of rotatable bonds is 7. The third-order valence-corrected chi connectivity index (χ3v) is 3.66. The van der Waals surface area contributed by atoms with Gasteiger partial charge in [0.1, 0.15) is 5.60 Å². The normalized spacial score (nSPS) is 17.0. The van der Waals surface area contributed by atoms with E-state index in [4.69, 9.17) is 10.5 Å². The van der Waals surface area contributed by atoms with Crippen molar-refractivity contribution in [3.8, 4) is 0 Å². The third-order valence-electron chi connectivity index (χ3n) is 2.16. The van der Waals surface area contributed by atoms with Gasteiger partial charge in [-0.2, -0.15) is 0 Å². The highest BCUT2D eigenvalue weighted by molar-refractivity contribution is 7.85. The molecule has 2 unspecified atom stereocenters. The number of esters is 1. The predicted molar refractivity (Wildman–Crippen MR) is 72.6 cm³/mol.